The summed E-state index contributed by atoms with van der Waals surface area (Å²) in [4.78, 5) is 12.4. The molecule has 1 N–H and O–H groups in total. The second-order valence-electron chi connectivity index (χ2n) is 6.19. The molecular formula is C22H21NO2. The summed E-state index contributed by atoms with van der Waals surface area (Å²) < 4.78 is 5.78. The molecule has 0 bridgehead atoms. The number of hydrogen-bond acceptors (Lipinski definition) is 2. The lowest BCUT2D eigenvalue weighted by molar-refractivity contribution is 0.102. The van der Waals surface area contributed by atoms with Crippen molar-refractivity contribution in [2.75, 3.05) is 5.32 Å². The third kappa shape index (κ3) is 4.27. The quantitative estimate of drug-likeness (QED) is 0.670. The Morgan fingerprint density at radius 1 is 0.760 bits per heavy atom. The molecule has 1 amide bonds. The highest BCUT2D eigenvalue weighted by atomic mass is 16.5. The molecule has 0 aromatic heterocycles. The van der Waals surface area contributed by atoms with Gasteiger partial charge >= 0.3 is 0 Å². The minimum atomic E-state index is -0.134. The Morgan fingerprint density at radius 2 is 1.36 bits per heavy atom. The molecule has 0 aliphatic carbocycles. The van der Waals surface area contributed by atoms with Gasteiger partial charge in [0.25, 0.3) is 5.91 Å². The van der Waals surface area contributed by atoms with Crippen molar-refractivity contribution in [3.05, 3.63) is 89.0 Å². The molecule has 126 valence electrons. The van der Waals surface area contributed by atoms with Gasteiger partial charge in [-0.05, 0) is 80.4 Å². The van der Waals surface area contributed by atoms with Gasteiger partial charge in [0.2, 0.25) is 0 Å². The molecule has 3 nitrogen and oxygen atoms in total. The summed E-state index contributed by atoms with van der Waals surface area (Å²) in [5.41, 5.74) is 4.93. The number of amides is 1. The van der Waals surface area contributed by atoms with E-state index in [2.05, 4.69) is 5.32 Å². The Balaban J connectivity index is 1.67. The molecule has 3 rings (SSSR count). The second kappa shape index (κ2) is 7.22. The molecule has 0 fully saturated rings. The highest BCUT2D eigenvalue weighted by molar-refractivity contribution is 6.04. The summed E-state index contributed by atoms with van der Waals surface area (Å²) in [6.45, 7) is 6.11. The number of benzene rings is 3. The molecule has 3 heteroatoms. The van der Waals surface area contributed by atoms with Crippen molar-refractivity contribution in [2.45, 2.75) is 20.8 Å². The fourth-order valence-electron chi connectivity index (χ4n) is 2.44. The lowest BCUT2D eigenvalue weighted by Crippen LogP contribution is -2.11. The zero-order valence-corrected chi connectivity index (χ0v) is 14.7. The summed E-state index contributed by atoms with van der Waals surface area (Å²) in [7, 11) is 0. The minimum absolute atomic E-state index is 0.134. The minimum Gasteiger partial charge on any atom is -0.457 e. The molecule has 3 aromatic carbocycles. The number of anilines is 1. The first kappa shape index (κ1) is 16.8. The lowest BCUT2D eigenvalue weighted by Gasteiger charge is -2.09. The van der Waals surface area contributed by atoms with Crippen molar-refractivity contribution in [1.29, 1.82) is 0 Å². The molecular weight excluding hydrogens is 310 g/mol. The highest BCUT2D eigenvalue weighted by Gasteiger charge is 2.07. The van der Waals surface area contributed by atoms with Gasteiger partial charge in [0.1, 0.15) is 11.5 Å². The second-order valence-corrected chi connectivity index (χ2v) is 6.19. The maximum atomic E-state index is 12.4. The lowest BCUT2D eigenvalue weighted by atomic mass is 10.1. The van der Waals surface area contributed by atoms with Crippen LogP contribution in [0.5, 0.6) is 11.5 Å². The van der Waals surface area contributed by atoms with Gasteiger partial charge in [0.15, 0.2) is 0 Å². The number of carbonyl (C=O) groups excluding carboxylic acids is 1. The largest absolute Gasteiger partial charge is 0.457 e. The first-order chi connectivity index (χ1) is 12.0. The first-order valence-corrected chi connectivity index (χ1v) is 8.24. The summed E-state index contributed by atoms with van der Waals surface area (Å²) in [6, 6.07) is 20.9. The van der Waals surface area contributed by atoms with E-state index >= 15 is 0 Å². The summed E-state index contributed by atoms with van der Waals surface area (Å²) in [5.74, 6) is 1.34. The van der Waals surface area contributed by atoms with E-state index in [1.54, 1.807) is 24.3 Å². The van der Waals surface area contributed by atoms with E-state index in [-0.39, 0.29) is 5.91 Å². The van der Waals surface area contributed by atoms with Crippen LogP contribution in [0.3, 0.4) is 0 Å². The molecule has 0 saturated carbocycles. The Bertz CT molecular complexity index is 881. The van der Waals surface area contributed by atoms with Gasteiger partial charge in [-0.15, -0.1) is 0 Å². The van der Waals surface area contributed by atoms with Gasteiger partial charge in [0, 0.05) is 11.3 Å². The first-order valence-electron chi connectivity index (χ1n) is 8.24. The van der Waals surface area contributed by atoms with Crippen molar-refractivity contribution in [1.82, 2.24) is 0 Å². The maximum Gasteiger partial charge on any atom is 0.255 e. The Labute approximate surface area is 148 Å². The molecule has 0 radical (unpaired) electrons. The predicted molar refractivity (Wildman–Crippen MR) is 102 cm³/mol. The number of carbonyl (C=O) groups is 1. The van der Waals surface area contributed by atoms with Crippen LogP contribution in [-0.2, 0) is 0 Å². The molecule has 0 atom stereocenters. The molecule has 0 aliphatic heterocycles. The van der Waals surface area contributed by atoms with Gasteiger partial charge < -0.3 is 10.1 Å². The van der Waals surface area contributed by atoms with E-state index in [1.165, 1.54) is 11.1 Å². The molecule has 25 heavy (non-hydrogen) atoms. The monoisotopic (exact) mass is 331 g/mol. The van der Waals surface area contributed by atoms with Gasteiger partial charge in [-0.2, -0.15) is 0 Å². The fraction of sp³-hybridized carbons (Fsp3) is 0.136. The number of ether oxygens (including phenoxy) is 1. The predicted octanol–water partition coefficient (Wildman–Crippen LogP) is 5.66. The van der Waals surface area contributed by atoms with Crippen molar-refractivity contribution in [3.8, 4) is 11.5 Å². The van der Waals surface area contributed by atoms with Crippen molar-refractivity contribution in [2.24, 2.45) is 0 Å². The topological polar surface area (TPSA) is 38.3 Å². The van der Waals surface area contributed by atoms with Gasteiger partial charge in [0.05, 0.1) is 0 Å². The Kier molecular flexibility index (Phi) is 4.85. The standard InChI is InChI=1S/C22H21NO2/c1-15-4-10-20(11-5-15)25-21-12-7-18(8-13-21)22(24)23-19-9-6-16(2)17(3)14-19/h4-14H,1-3H3,(H,23,24). The van der Waals surface area contributed by atoms with Crippen LogP contribution in [0, 0.1) is 20.8 Å². The van der Waals surface area contributed by atoms with Crippen LogP contribution >= 0.6 is 0 Å². The van der Waals surface area contributed by atoms with E-state index in [4.69, 9.17) is 4.74 Å². The van der Waals surface area contributed by atoms with E-state index < -0.39 is 0 Å². The summed E-state index contributed by atoms with van der Waals surface area (Å²) in [5, 5.41) is 2.92. The highest BCUT2D eigenvalue weighted by Crippen LogP contribution is 2.22. The van der Waals surface area contributed by atoms with Crippen LogP contribution in [0.25, 0.3) is 0 Å². The molecule has 0 aliphatic rings. The summed E-state index contributed by atoms with van der Waals surface area (Å²) in [6.07, 6.45) is 0. The number of hydrogen-bond donors (Lipinski definition) is 1. The van der Waals surface area contributed by atoms with Crippen molar-refractivity contribution >= 4 is 11.6 Å². The average Bonchev–Trinajstić information content (AvgIpc) is 2.61. The third-order valence-electron chi connectivity index (χ3n) is 4.14. The maximum absolute atomic E-state index is 12.4. The smallest absolute Gasteiger partial charge is 0.255 e. The fourth-order valence-corrected chi connectivity index (χ4v) is 2.44. The van der Waals surface area contributed by atoms with Crippen molar-refractivity contribution in [3.63, 3.8) is 0 Å². The van der Waals surface area contributed by atoms with Crippen LogP contribution in [0.15, 0.2) is 66.7 Å². The SMILES string of the molecule is Cc1ccc(Oc2ccc(C(=O)Nc3ccc(C)c(C)c3)cc2)cc1. The Hall–Kier alpha value is -3.07. The molecule has 0 saturated heterocycles. The van der Waals surface area contributed by atoms with Gasteiger partial charge in [-0.25, -0.2) is 0 Å². The molecule has 3 aromatic rings. The molecule has 0 unspecified atom stereocenters. The van der Waals surface area contributed by atoms with Crippen LogP contribution in [0.4, 0.5) is 5.69 Å². The van der Waals surface area contributed by atoms with E-state index in [9.17, 15) is 4.79 Å². The third-order valence-corrected chi connectivity index (χ3v) is 4.14. The number of nitrogens with one attached hydrogen (secondary N) is 1. The van der Waals surface area contributed by atoms with Gasteiger partial charge in [-0.1, -0.05) is 23.8 Å². The van der Waals surface area contributed by atoms with Gasteiger partial charge in [-0.3, -0.25) is 4.79 Å². The van der Waals surface area contributed by atoms with E-state index in [0.717, 1.165) is 17.0 Å². The number of aryl methyl sites for hydroxylation is 3. The van der Waals surface area contributed by atoms with Crippen LogP contribution < -0.4 is 10.1 Å². The van der Waals surface area contributed by atoms with Crippen LogP contribution in [-0.4, -0.2) is 5.91 Å². The van der Waals surface area contributed by atoms with E-state index in [0.29, 0.717) is 11.3 Å². The molecule has 0 heterocycles. The van der Waals surface area contributed by atoms with Crippen LogP contribution in [0.1, 0.15) is 27.0 Å². The summed E-state index contributed by atoms with van der Waals surface area (Å²) >= 11 is 0. The van der Waals surface area contributed by atoms with E-state index in [1.807, 2.05) is 63.2 Å². The Morgan fingerprint density at radius 3 is 1.96 bits per heavy atom. The molecule has 0 spiro atoms. The normalized spacial score (nSPS) is 10.4. The van der Waals surface area contributed by atoms with Crippen LogP contribution in [0.2, 0.25) is 0 Å². The van der Waals surface area contributed by atoms with Crippen molar-refractivity contribution < 1.29 is 9.53 Å². The zero-order valence-electron chi connectivity index (χ0n) is 14.7. The zero-order chi connectivity index (χ0) is 17.8. The number of rotatable bonds is 4. The average molecular weight is 331 g/mol.